The maximum atomic E-state index is 11.7. The van der Waals surface area contributed by atoms with Crippen molar-refractivity contribution in [3.63, 3.8) is 0 Å². The average molecular weight is 235 g/mol. The van der Waals surface area contributed by atoms with Gasteiger partial charge in [0.15, 0.2) is 0 Å². The number of hydrogen-bond acceptors (Lipinski definition) is 3. The first-order valence-corrected chi connectivity index (χ1v) is 6.86. The van der Waals surface area contributed by atoms with Gasteiger partial charge in [0.2, 0.25) is 0 Å². The molecule has 15 heavy (non-hydrogen) atoms. The Morgan fingerprint density at radius 1 is 1.40 bits per heavy atom. The van der Waals surface area contributed by atoms with Crippen molar-refractivity contribution in [2.24, 2.45) is 5.92 Å². The van der Waals surface area contributed by atoms with Crippen LogP contribution in [0, 0.1) is 5.92 Å². The van der Waals surface area contributed by atoms with Gasteiger partial charge in [-0.2, -0.15) is 12.7 Å². The highest BCUT2D eigenvalue weighted by Gasteiger charge is 2.25. The van der Waals surface area contributed by atoms with Crippen LogP contribution in [0.1, 0.15) is 19.3 Å². The van der Waals surface area contributed by atoms with E-state index in [-0.39, 0.29) is 0 Å². The van der Waals surface area contributed by atoms with Crippen LogP contribution < -0.4 is 10.0 Å². The van der Waals surface area contributed by atoms with Crippen LogP contribution in [0.4, 0.5) is 0 Å². The Labute approximate surface area is 92.4 Å². The third-order valence-corrected chi connectivity index (χ3v) is 4.10. The second-order valence-corrected chi connectivity index (χ2v) is 5.94. The zero-order chi connectivity index (χ0) is 11.3. The molecular weight excluding hydrogens is 214 g/mol. The molecule has 2 N–H and O–H groups in total. The van der Waals surface area contributed by atoms with Crippen molar-refractivity contribution >= 4 is 10.2 Å². The molecule has 0 amide bonds. The smallest absolute Gasteiger partial charge is 0.279 e. The first kappa shape index (κ1) is 12.9. The molecule has 0 aliphatic heterocycles. The Morgan fingerprint density at radius 2 is 2.07 bits per heavy atom. The summed E-state index contributed by atoms with van der Waals surface area (Å²) in [7, 11) is 0.237. The summed E-state index contributed by atoms with van der Waals surface area (Å²) in [5, 5.41) is 2.99. The van der Waals surface area contributed by atoms with Gasteiger partial charge in [0.1, 0.15) is 0 Å². The monoisotopic (exact) mass is 235 g/mol. The van der Waals surface area contributed by atoms with E-state index in [4.69, 9.17) is 0 Å². The van der Waals surface area contributed by atoms with Crippen molar-refractivity contribution in [1.29, 1.82) is 0 Å². The van der Waals surface area contributed by atoms with E-state index in [0.29, 0.717) is 19.0 Å². The highest BCUT2D eigenvalue weighted by Crippen LogP contribution is 2.27. The standard InChI is InChI=1S/C9H21N3O2S/c1-10-6-3-7-12(2)15(13,14)11-8-9-4-5-9/h9-11H,3-8H2,1-2H3. The molecule has 6 heteroatoms. The zero-order valence-electron chi connectivity index (χ0n) is 9.49. The van der Waals surface area contributed by atoms with E-state index in [9.17, 15) is 8.42 Å². The third-order valence-electron chi connectivity index (χ3n) is 2.56. The van der Waals surface area contributed by atoms with E-state index in [0.717, 1.165) is 25.8 Å². The molecule has 0 spiro atoms. The van der Waals surface area contributed by atoms with Gasteiger partial charge in [-0.25, -0.2) is 4.72 Å². The SMILES string of the molecule is CNCCCN(C)S(=O)(=O)NCC1CC1. The maximum absolute atomic E-state index is 11.7. The zero-order valence-corrected chi connectivity index (χ0v) is 10.3. The molecule has 0 heterocycles. The van der Waals surface area contributed by atoms with Crippen molar-refractivity contribution < 1.29 is 8.42 Å². The fourth-order valence-corrected chi connectivity index (χ4v) is 2.29. The van der Waals surface area contributed by atoms with Crippen molar-refractivity contribution in [2.75, 3.05) is 33.7 Å². The fraction of sp³-hybridized carbons (Fsp3) is 1.00. The molecule has 0 aromatic rings. The molecule has 0 saturated heterocycles. The lowest BCUT2D eigenvalue weighted by atomic mass is 10.4. The highest BCUT2D eigenvalue weighted by atomic mass is 32.2. The van der Waals surface area contributed by atoms with Crippen LogP contribution in [-0.4, -0.2) is 46.5 Å². The van der Waals surface area contributed by atoms with Crippen molar-refractivity contribution in [2.45, 2.75) is 19.3 Å². The second-order valence-electron chi connectivity index (χ2n) is 4.08. The molecule has 5 nitrogen and oxygen atoms in total. The Morgan fingerprint density at radius 3 is 2.60 bits per heavy atom. The normalized spacial score (nSPS) is 17.3. The lowest BCUT2D eigenvalue weighted by Crippen LogP contribution is -2.40. The van der Waals surface area contributed by atoms with Crippen LogP contribution in [0.3, 0.4) is 0 Å². The van der Waals surface area contributed by atoms with E-state index in [2.05, 4.69) is 10.0 Å². The largest absolute Gasteiger partial charge is 0.320 e. The molecule has 1 aliphatic carbocycles. The topological polar surface area (TPSA) is 61.4 Å². The molecule has 1 fully saturated rings. The molecule has 90 valence electrons. The number of nitrogens with zero attached hydrogens (tertiary/aromatic N) is 1. The molecule has 1 saturated carbocycles. The van der Waals surface area contributed by atoms with Gasteiger partial charge in [-0.15, -0.1) is 0 Å². The van der Waals surface area contributed by atoms with Gasteiger partial charge in [-0.1, -0.05) is 0 Å². The van der Waals surface area contributed by atoms with E-state index < -0.39 is 10.2 Å². The molecule has 0 bridgehead atoms. The minimum Gasteiger partial charge on any atom is -0.320 e. The summed E-state index contributed by atoms with van der Waals surface area (Å²) in [6.45, 7) is 1.99. The number of rotatable bonds is 8. The molecule has 0 radical (unpaired) electrons. The van der Waals surface area contributed by atoms with Crippen LogP contribution in [0.5, 0.6) is 0 Å². The molecule has 0 atom stereocenters. The van der Waals surface area contributed by atoms with Crippen LogP contribution in [-0.2, 0) is 10.2 Å². The quantitative estimate of drug-likeness (QED) is 0.571. The van der Waals surface area contributed by atoms with E-state index >= 15 is 0 Å². The van der Waals surface area contributed by atoms with Crippen molar-refractivity contribution in [3.8, 4) is 0 Å². The summed E-state index contributed by atoms with van der Waals surface area (Å²) in [6.07, 6.45) is 3.15. The second kappa shape index (κ2) is 5.79. The van der Waals surface area contributed by atoms with E-state index in [1.165, 1.54) is 4.31 Å². The molecule has 1 rings (SSSR count). The third kappa shape index (κ3) is 4.92. The van der Waals surface area contributed by atoms with Gasteiger partial charge in [-0.3, -0.25) is 0 Å². The minimum atomic E-state index is -3.24. The predicted molar refractivity (Wildman–Crippen MR) is 60.8 cm³/mol. The minimum absolute atomic E-state index is 0.556. The summed E-state index contributed by atoms with van der Waals surface area (Å²) in [4.78, 5) is 0. The molecule has 0 aromatic heterocycles. The average Bonchev–Trinajstić information content (AvgIpc) is 2.98. The Bertz CT molecular complexity index is 275. The van der Waals surface area contributed by atoms with Crippen LogP contribution >= 0.6 is 0 Å². The molecule has 0 aromatic carbocycles. The summed E-state index contributed by atoms with van der Waals surface area (Å²) in [5.41, 5.74) is 0. The maximum Gasteiger partial charge on any atom is 0.279 e. The van der Waals surface area contributed by atoms with Crippen molar-refractivity contribution in [3.05, 3.63) is 0 Å². The van der Waals surface area contributed by atoms with E-state index in [1.54, 1.807) is 7.05 Å². The Balaban J connectivity index is 2.24. The molecule has 1 aliphatic rings. The van der Waals surface area contributed by atoms with Crippen LogP contribution in [0.2, 0.25) is 0 Å². The van der Waals surface area contributed by atoms with Gasteiger partial charge in [-0.05, 0) is 38.8 Å². The molecular formula is C9H21N3O2S. The first-order chi connectivity index (χ1) is 7.06. The van der Waals surface area contributed by atoms with Gasteiger partial charge >= 0.3 is 0 Å². The first-order valence-electron chi connectivity index (χ1n) is 5.42. The Hall–Kier alpha value is -0.170. The predicted octanol–water partition coefficient (Wildman–Crippen LogP) is -0.228. The highest BCUT2D eigenvalue weighted by molar-refractivity contribution is 7.87. The van der Waals surface area contributed by atoms with Gasteiger partial charge in [0.05, 0.1) is 0 Å². The van der Waals surface area contributed by atoms with Gasteiger partial charge in [0.25, 0.3) is 10.2 Å². The summed E-state index contributed by atoms with van der Waals surface area (Å²) >= 11 is 0. The fourth-order valence-electron chi connectivity index (χ4n) is 1.25. The lowest BCUT2D eigenvalue weighted by Gasteiger charge is -2.17. The summed E-state index contributed by atoms with van der Waals surface area (Å²) in [5.74, 6) is 0.575. The summed E-state index contributed by atoms with van der Waals surface area (Å²) in [6, 6.07) is 0. The number of hydrogen-bond donors (Lipinski definition) is 2. The number of nitrogens with one attached hydrogen (secondary N) is 2. The van der Waals surface area contributed by atoms with Gasteiger partial charge in [0, 0.05) is 20.1 Å². The summed E-state index contributed by atoms with van der Waals surface area (Å²) < 4.78 is 27.3. The Kier molecular flexibility index (Phi) is 4.98. The van der Waals surface area contributed by atoms with Crippen LogP contribution in [0.25, 0.3) is 0 Å². The lowest BCUT2D eigenvalue weighted by molar-refractivity contribution is 0.446. The molecule has 0 unspecified atom stereocenters. The van der Waals surface area contributed by atoms with Crippen molar-refractivity contribution in [1.82, 2.24) is 14.3 Å². The van der Waals surface area contributed by atoms with E-state index in [1.807, 2.05) is 7.05 Å². The van der Waals surface area contributed by atoms with Crippen LogP contribution in [0.15, 0.2) is 0 Å². The van der Waals surface area contributed by atoms with Gasteiger partial charge < -0.3 is 5.32 Å².